The molecule has 0 atom stereocenters. The van der Waals surface area contributed by atoms with Gasteiger partial charge in [-0.1, -0.05) is 0 Å². The second-order valence-electron chi connectivity index (χ2n) is 6.66. The summed E-state index contributed by atoms with van der Waals surface area (Å²) >= 11 is 0. The Hall–Kier alpha value is -0.730. The molecule has 0 unspecified atom stereocenters. The number of piperazine rings is 1. The quantitative estimate of drug-likeness (QED) is 0.448. The lowest BCUT2D eigenvalue weighted by molar-refractivity contribution is -0.138. The molecule has 0 spiro atoms. The van der Waals surface area contributed by atoms with Crippen molar-refractivity contribution in [3.8, 4) is 0 Å². The lowest BCUT2D eigenvalue weighted by atomic mass is 10.3. The Morgan fingerprint density at radius 1 is 1.00 bits per heavy atom. The summed E-state index contributed by atoms with van der Waals surface area (Å²) in [6.07, 6.45) is 0. The molecule has 1 aliphatic rings. The minimum absolute atomic E-state index is 0.0771. The van der Waals surface area contributed by atoms with E-state index in [1.807, 2.05) is 11.8 Å². The maximum atomic E-state index is 12.1. The Morgan fingerprint density at radius 2 is 1.60 bits per heavy atom. The first-order valence-electron chi connectivity index (χ1n) is 9.48. The van der Waals surface area contributed by atoms with Crippen LogP contribution in [-0.2, 0) is 19.0 Å². The maximum Gasteiger partial charge on any atom is 0.248 e. The topological polar surface area (TPSA) is 54.5 Å². The molecule has 148 valence electrons. The van der Waals surface area contributed by atoms with Gasteiger partial charge in [0.25, 0.3) is 0 Å². The number of amides is 1. The largest absolute Gasteiger partial charge is 0.379 e. The fourth-order valence-electron chi connectivity index (χ4n) is 2.51. The van der Waals surface area contributed by atoms with Gasteiger partial charge in [0.2, 0.25) is 5.91 Å². The molecule has 1 rings (SSSR count). The van der Waals surface area contributed by atoms with Gasteiger partial charge in [-0.3, -0.25) is 9.69 Å². The van der Waals surface area contributed by atoms with E-state index in [1.54, 1.807) is 0 Å². The highest BCUT2D eigenvalue weighted by Crippen LogP contribution is 2.03. The lowest BCUT2D eigenvalue weighted by Crippen LogP contribution is -2.51. The highest BCUT2D eigenvalue weighted by atomic mass is 16.5. The standard InChI is InChI=1S/C18H37N3O4/c1-5-23-12-13-24-14-15-25-16-18(22)21-10-8-20(9-11-21)7-6-19(4)17(2)3/h17H,5-16H2,1-4H3. The third kappa shape index (κ3) is 10.1. The molecule has 0 aromatic heterocycles. The van der Waals surface area contributed by atoms with Crippen molar-refractivity contribution < 1.29 is 19.0 Å². The van der Waals surface area contributed by atoms with E-state index in [0.717, 1.165) is 39.3 Å². The molecule has 7 nitrogen and oxygen atoms in total. The zero-order valence-electron chi connectivity index (χ0n) is 16.5. The van der Waals surface area contributed by atoms with Crippen molar-refractivity contribution in [1.29, 1.82) is 0 Å². The van der Waals surface area contributed by atoms with Gasteiger partial charge in [0.15, 0.2) is 0 Å². The predicted octanol–water partition coefficient (Wildman–Crippen LogP) is 0.541. The zero-order valence-corrected chi connectivity index (χ0v) is 16.5. The fourth-order valence-corrected chi connectivity index (χ4v) is 2.51. The van der Waals surface area contributed by atoms with Gasteiger partial charge >= 0.3 is 0 Å². The molecule has 7 heteroatoms. The van der Waals surface area contributed by atoms with Crippen LogP contribution in [-0.4, -0.2) is 113 Å². The number of carbonyl (C=O) groups is 1. The van der Waals surface area contributed by atoms with Gasteiger partial charge in [-0.15, -0.1) is 0 Å². The van der Waals surface area contributed by atoms with Gasteiger partial charge in [0.05, 0.1) is 26.4 Å². The molecule has 1 amide bonds. The molecule has 1 fully saturated rings. The molecule has 1 aliphatic heterocycles. The molecule has 0 aliphatic carbocycles. The minimum atomic E-state index is 0.0771. The van der Waals surface area contributed by atoms with E-state index < -0.39 is 0 Å². The number of likely N-dealkylation sites (N-methyl/N-ethyl adjacent to an activating group) is 1. The SMILES string of the molecule is CCOCCOCCOCC(=O)N1CCN(CCN(C)C(C)C)CC1. The summed E-state index contributed by atoms with van der Waals surface area (Å²) in [5.41, 5.74) is 0. The summed E-state index contributed by atoms with van der Waals surface area (Å²) in [4.78, 5) is 18.8. The van der Waals surface area contributed by atoms with Crippen LogP contribution in [0, 0.1) is 0 Å². The predicted molar refractivity (Wildman–Crippen MR) is 98.9 cm³/mol. The van der Waals surface area contributed by atoms with Crippen LogP contribution >= 0.6 is 0 Å². The van der Waals surface area contributed by atoms with Gasteiger partial charge < -0.3 is 24.0 Å². The monoisotopic (exact) mass is 359 g/mol. The van der Waals surface area contributed by atoms with E-state index in [2.05, 4.69) is 30.7 Å². The zero-order chi connectivity index (χ0) is 18.5. The first-order valence-corrected chi connectivity index (χ1v) is 9.48. The third-order valence-corrected chi connectivity index (χ3v) is 4.55. The Kier molecular flexibility index (Phi) is 12.0. The van der Waals surface area contributed by atoms with Gasteiger partial charge in [0.1, 0.15) is 6.61 Å². The average Bonchev–Trinajstić information content (AvgIpc) is 2.62. The van der Waals surface area contributed by atoms with Crippen molar-refractivity contribution in [2.75, 3.05) is 86.0 Å². The van der Waals surface area contributed by atoms with Gasteiger partial charge in [-0.25, -0.2) is 0 Å². The van der Waals surface area contributed by atoms with Gasteiger partial charge in [-0.05, 0) is 27.8 Å². The molecule has 25 heavy (non-hydrogen) atoms. The first kappa shape index (κ1) is 22.3. The van der Waals surface area contributed by atoms with Crippen molar-refractivity contribution in [2.24, 2.45) is 0 Å². The number of ether oxygens (including phenoxy) is 3. The number of hydrogen-bond acceptors (Lipinski definition) is 6. The van der Waals surface area contributed by atoms with E-state index in [4.69, 9.17) is 14.2 Å². The number of rotatable bonds is 13. The molecule has 0 N–H and O–H groups in total. The van der Waals surface area contributed by atoms with Crippen molar-refractivity contribution >= 4 is 5.91 Å². The average molecular weight is 360 g/mol. The van der Waals surface area contributed by atoms with E-state index >= 15 is 0 Å². The fraction of sp³-hybridized carbons (Fsp3) is 0.944. The number of nitrogens with zero attached hydrogens (tertiary/aromatic N) is 3. The first-order chi connectivity index (χ1) is 12.0. The van der Waals surface area contributed by atoms with Gasteiger partial charge in [-0.2, -0.15) is 0 Å². The Morgan fingerprint density at radius 3 is 2.20 bits per heavy atom. The van der Waals surface area contributed by atoms with E-state index in [1.165, 1.54) is 0 Å². The summed E-state index contributed by atoms with van der Waals surface area (Å²) < 4.78 is 15.9. The van der Waals surface area contributed by atoms with Crippen LogP contribution in [0.5, 0.6) is 0 Å². The summed E-state index contributed by atoms with van der Waals surface area (Å²) in [6.45, 7) is 14.9. The van der Waals surface area contributed by atoms with Crippen molar-refractivity contribution in [2.45, 2.75) is 26.8 Å². The smallest absolute Gasteiger partial charge is 0.248 e. The molecule has 1 heterocycles. The normalized spacial score (nSPS) is 16.2. The second-order valence-corrected chi connectivity index (χ2v) is 6.66. The molecular formula is C18H37N3O4. The second kappa shape index (κ2) is 13.5. The van der Waals surface area contributed by atoms with E-state index in [-0.39, 0.29) is 12.5 Å². The molecule has 0 bridgehead atoms. The molecule has 0 aromatic carbocycles. The molecular weight excluding hydrogens is 322 g/mol. The van der Waals surface area contributed by atoms with Crippen LogP contribution in [0.4, 0.5) is 0 Å². The summed E-state index contributed by atoms with van der Waals surface area (Å²) in [7, 11) is 2.16. The maximum absolute atomic E-state index is 12.1. The molecule has 0 radical (unpaired) electrons. The van der Waals surface area contributed by atoms with E-state index in [9.17, 15) is 4.79 Å². The molecule has 0 aromatic rings. The summed E-state index contributed by atoms with van der Waals surface area (Å²) in [5, 5.41) is 0. The van der Waals surface area contributed by atoms with Gasteiger partial charge in [0, 0.05) is 51.9 Å². The lowest BCUT2D eigenvalue weighted by Gasteiger charge is -2.35. The van der Waals surface area contributed by atoms with Crippen LogP contribution in [0.25, 0.3) is 0 Å². The number of carbonyl (C=O) groups excluding carboxylic acids is 1. The van der Waals surface area contributed by atoms with Crippen LogP contribution in [0.3, 0.4) is 0 Å². The van der Waals surface area contributed by atoms with Crippen LogP contribution in [0.15, 0.2) is 0 Å². The van der Waals surface area contributed by atoms with Crippen molar-refractivity contribution in [3.05, 3.63) is 0 Å². The van der Waals surface area contributed by atoms with E-state index in [0.29, 0.717) is 39.1 Å². The molecule has 0 saturated carbocycles. The summed E-state index contributed by atoms with van der Waals surface area (Å²) in [6, 6.07) is 0.572. The van der Waals surface area contributed by atoms with Crippen LogP contribution in [0.2, 0.25) is 0 Å². The van der Waals surface area contributed by atoms with Crippen LogP contribution < -0.4 is 0 Å². The Bertz CT molecular complexity index is 347. The summed E-state index contributed by atoms with van der Waals surface area (Å²) in [5.74, 6) is 0.0771. The minimum Gasteiger partial charge on any atom is -0.379 e. The Labute approximate surface area is 153 Å². The third-order valence-electron chi connectivity index (χ3n) is 4.55. The van der Waals surface area contributed by atoms with Crippen molar-refractivity contribution in [1.82, 2.24) is 14.7 Å². The number of hydrogen-bond donors (Lipinski definition) is 0. The highest BCUT2D eigenvalue weighted by molar-refractivity contribution is 5.77. The molecule has 1 saturated heterocycles. The highest BCUT2D eigenvalue weighted by Gasteiger charge is 2.21. The van der Waals surface area contributed by atoms with Crippen molar-refractivity contribution in [3.63, 3.8) is 0 Å². The van der Waals surface area contributed by atoms with Crippen LogP contribution in [0.1, 0.15) is 20.8 Å². The Balaban J connectivity index is 2.03.